The molecular formula is C24H28F4N6O. The Balaban J connectivity index is 1.33. The van der Waals surface area contributed by atoms with Crippen LogP contribution in [0.5, 0.6) is 0 Å². The van der Waals surface area contributed by atoms with Gasteiger partial charge in [0.1, 0.15) is 17.7 Å². The van der Waals surface area contributed by atoms with Crippen molar-refractivity contribution < 1.29 is 22.3 Å². The van der Waals surface area contributed by atoms with Gasteiger partial charge in [0.15, 0.2) is 11.7 Å². The van der Waals surface area contributed by atoms with Gasteiger partial charge in [-0.15, -0.1) is 0 Å². The molecule has 1 fully saturated rings. The number of ether oxygens (including phenoxy) is 1. The molecule has 0 bridgehead atoms. The van der Waals surface area contributed by atoms with Crippen LogP contribution in [-0.4, -0.2) is 57.0 Å². The average molecular weight is 493 g/mol. The van der Waals surface area contributed by atoms with Crippen molar-refractivity contribution in [1.29, 1.82) is 0 Å². The first-order chi connectivity index (χ1) is 16.8. The molecule has 4 atom stereocenters. The molecule has 1 unspecified atom stereocenters. The van der Waals surface area contributed by atoms with Gasteiger partial charge >= 0.3 is 6.55 Å². The summed E-state index contributed by atoms with van der Waals surface area (Å²) in [7, 11) is 1.83. The van der Waals surface area contributed by atoms with E-state index in [1.54, 1.807) is 6.20 Å². The molecule has 2 aromatic rings. The third-order valence-electron chi connectivity index (χ3n) is 7.13. The van der Waals surface area contributed by atoms with Crippen molar-refractivity contribution in [1.82, 2.24) is 19.4 Å². The van der Waals surface area contributed by atoms with Gasteiger partial charge in [0.2, 0.25) is 0 Å². The number of halogens is 4. The second-order valence-electron chi connectivity index (χ2n) is 9.24. The number of amidine groups is 1. The molecule has 5 rings (SSSR count). The van der Waals surface area contributed by atoms with E-state index < -0.39 is 30.3 Å². The number of likely N-dealkylation sites (N-methyl/N-ethyl adjacent to an activating group) is 1. The van der Waals surface area contributed by atoms with E-state index in [0.29, 0.717) is 30.2 Å². The molecule has 1 aromatic heterocycles. The second-order valence-corrected chi connectivity index (χ2v) is 9.24. The van der Waals surface area contributed by atoms with E-state index in [0.717, 1.165) is 29.2 Å². The minimum Gasteiger partial charge on any atom is -0.370 e. The third kappa shape index (κ3) is 4.25. The first-order valence-corrected chi connectivity index (χ1v) is 11.7. The maximum atomic E-state index is 14.2. The monoisotopic (exact) mass is 492 g/mol. The van der Waals surface area contributed by atoms with Gasteiger partial charge in [-0.1, -0.05) is 6.92 Å². The molecule has 3 aliphatic rings. The molecule has 11 heteroatoms. The summed E-state index contributed by atoms with van der Waals surface area (Å²) in [6, 6.07) is 2.53. The lowest BCUT2D eigenvalue weighted by Gasteiger charge is -2.38. The SMILES string of the molecule is CCC1C=CN=C(c2nc3c(n2C(F)F)CN([C@H]2CO[C@H](c4cc(F)ccc4F)[C@@H](N)C2)C3)N1C. The molecular weight excluding hydrogens is 464 g/mol. The number of benzene rings is 1. The largest absolute Gasteiger partial charge is 0.370 e. The van der Waals surface area contributed by atoms with Gasteiger partial charge in [0.05, 0.1) is 18.0 Å². The Labute approximate surface area is 200 Å². The van der Waals surface area contributed by atoms with E-state index in [1.165, 1.54) is 0 Å². The molecule has 0 saturated carbocycles. The molecule has 7 nitrogen and oxygen atoms in total. The molecule has 4 heterocycles. The van der Waals surface area contributed by atoms with Gasteiger partial charge in [-0.25, -0.2) is 18.8 Å². The normalized spacial score (nSPS) is 27.0. The quantitative estimate of drug-likeness (QED) is 0.645. The summed E-state index contributed by atoms with van der Waals surface area (Å²) in [5.74, 6) is -0.553. The van der Waals surface area contributed by atoms with Gasteiger partial charge in [0.25, 0.3) is 0 Å². The Morgan fingerprint density at radius 3 is 2.74 bits per heavy atom. The second kappa shape index (κ2) is 9.36. The molecule has 2 N–H and O–H groups in total. The molecule has 3 aliphatic heterocycles. The number of hydrogen-bond acceptors (Lipinski definition) is 6. The van der Waals surface area contributed by atoms with Crippen molar-refractivity contribution in [3.8, 4) is 0 Å². The van der Waals surface area contributed by atoms with Gasteiger partial charge < -0.3 is 15.4 Å². The van der Waals surface area contributed by atoms with E-state index >= 15 is 0 Å². The van der Waals surface area contributed by atoms with Crippen molar-refractivity contribution in [2.45, 2.75) is 63.6 Å². The summed E-state index contributed by atoms with van der Waals surface area (Å²) >= 11 is 0. The molecule has 1 saturated heterocycles. The fourth-order valence-electron chi connectivity index (χ4n) is 5.24. The number of alkyl halides is 2. The van der Waals surface area contributed by atoms with E-state index in [9.17, 15) is 17.6 Å². The highest BCUT2D eigenvalue weighted by molar-refractivity contribution is 5.97. The predicted molar refractivity (Wildman–Crippen MR) is 122 cm³/mol. The molecule has 188 valence electrons. The number of fused-ring (bicyclic) bond motifs is 1. The maximum Gasteiger partial charge on any atom is 0.320 e. The van der Waals surface area contributed by atoms with Crippen LogP contribution in [0.15, 0.2) is 35.5 Å². The fourth-order valence-corrected chi connectivity index (χ4v) is 5.24. The zero-order valence-electron chi connectivity index (χ0n) is 19.5. The van der Waals surface area contributed by atoms with Gasteiger partial charge in [-0.05, 0) is 37.1 Å². The summed E-state index contributed by atoms with van der Waals surface area (Å²) in [5.41, 5.74) is 7.41. The number of nitrogens with zero attached hydrogens (tertiary/aromatic N) is 5. The van der Waals surface area contributed by atoms with Crippen LogP contribution < -0.4 is 5.73 Å². The third-order valence-corrected chi connectivity index (χ3v) is 7.13. The number of imidazole rings is 1. The number of hydrogen-bond donors (Lipinski definition) is 1. The summed E-state index contributed by atoms with van der Waals surface area (Å²) in [5, 5.41) is 0. The summed E-state index contributed by atoms with van der Waals surface area (Å²) in [4.78, 5) is 12.8. The smallest absolute Gasteiger partial charge is 0.320 e. The highest BCUT2D eigenvalue weighted by Crippen LogP contribution is 2.36. The lowest BCUT2D eigenvalue weighted by molar-refractivity contribution is -0.0539. The predicted octanol–water partition coefficient (Wildman–Crippen LogP) is 3.71. The number of aromatic nitrogens is 2. The number of nitrogens with two attached hydrogens (primary N) is 1. The van der Waals surface area contributed by atoms with Crippen molar-refractivity contribution >= 4 is 5.84 Å². The zero-order chi connectivity index (χ0) is 24.9. The summed E-state index contributed by atoms with van der Waals surface area (Å²) in [6.45, 7) is 0.102. The maximum absolute atomic E-state index is 14.2. The minimum absolute atomic E-state index is 0.0633. The minimum atomic E-state index is -2.77. The first-order valence-electron chi connectivity index (χ1n) is 11.7. The van der Waals surface area contributed by atoms with E-state index in [1.807, 2.05) is 29.8 Å². The van der Waals surface area contributed by atoms with Gasteiger partial charge in [0, 0.05) is 50.0 Å². The van der Waals surface area contributed by atoms with E-state index in [2.05, 4.69) is 9.98 Å². The van der Waals surface area contributed by atoms with E-state index in [4.69, 9.17) is 10.5 Å². The van der Waals surface area contributed by atoms with Crippen LogP contribution in [0.4, 0.5) is 17.6 Å². The van der Waals surface area contributed by atoms with Gasteiger partial charge in [-0.3, -0.25) is 9.47 Å². The number of aliphatic imine (C=N–C) groups is 1. The van der Waals surface area contributed by atoms with Crippen LogP contribution in [0.25, 0.3) is 0 Å². The Kier molecular flexibility index (Phi) is 6.41. The van der Waals surface area contributed by atoms with Crippen LogP contribution >= 0.6 is 0 Å². The van der Waals surface area contributed by atoms with Crippen molar-refractivity contribution in [2.24, 2.45) is 10.7 Å². The molecule has 0 radical (unpaired) electrons. The highest BCUT2D eigenvalue weighted by Gasteiger charge is 2.40. The van der Waals surface area contributed by atoms with Gasteiger partial charge in [-0.2, -0.15) is 8.78 Å². The highest BCUT2D eigenvalue weighted by atomic mass is 19.3. The molecule has 35 heavy (non-hydrogen) atoms. The standard InChI is InChI=1S/C24H28F4N6O/c1-3-14-6-7-30-22(32(14)2)23-31-19-10-33(11-20(19)34(23)24(27)28)15-9-18(29)21(35-12-15)16-8-13(25)4-5-17(16)26/h4-8,14-15,18,21,24H,3,9-12,29H2,1-2H3/t14?,15-,18+,21-/m1/s1. The Morgan fingerprint density at radius 2 is 2.03 bits per heavy atom. The average Bonchev–Trinajstić information content (AvgIpc) is 3.39. The Bertz CT molecular complexity index is 1170. The summed E-state index contributed by atoms with van der Waals surface area (Å²) < 4.78 is 63.2. The van der Waals surface area contributed by atoms with Crippen LogP contribution in [0.1, 0.15) is 55.2 Å². The van der Waals surface area contributed by atoms with Crippen molar-refractivity contribution in [2.75, 3.05) is 13.7 Å². The van der Waals surface area contributed by atoms with Crippen LogP contribution in [0, 0.1) is 11.6 Å². The number of rotatable bonds is 5. The van der Waals surface area contributed by atoms with Crippen LogP contribution in [0.3, 0.4) is 0 Å². The zero-order valence-corrected chi connectivity index (χ0v) is 19.5. The van der Waals surface area contributed by atoms with E-state index in [-0.39, 0.29) is 36.6 Å². The Morgan fingerprint density at radius 1 is 1.23 bits per heavy atom. The summed E-state index contributed by atoms with van der Waals surface area (Å²) in [6.07, 6.45) is 4.07. The molecule has 0 amide bonds. The van der Waals surface area contributed by atoms with Crippen molar-refractivity contribution in [3.63, 3.8) is 0 Å². The topological polar surface area (TPSA) is 71.9 Å². The fraction of sp³-hybridized carbons (Fsp3) is 0.500. The van der Waals surface area contributed by atoms with Crippen LogP contribution in [-0.2, 0) is 17.8 Å². The molecule has 1 aromatic carbocycles. The Hall–Kier alpha value is -2.76. The molecule has 0 spiro atoms. The van der Waals surface area contributed by atoms with Crippen molar-refractivity contribution in [3.05, 3.63) is 64.9 Å². The lowest BCUT2D eigenvalue weighted by atomic mass is 9.93. The lowest BCUT2D eigenvalue weighted by Crippen LogP contribution is -2.48. The first kappa shape index (κ1) is 24.0. The molecule has 0 aliphatic carbocycles. The van der Waals surface area contributed by atoms with Crippen LogP contribution in [0.2, 0.25) is 0 Å².